The Bertz CT molecular complexity index is 937. The van der Waals surface area contributed by atoms with Crippen molar-refractivity contribution in [2.24, 2.45) is 7.05 Å². The number of nitrogens with zero attached hydrogens (tertiary/aromatic N) is 3. The minimum absolute atomic E-state index is 0.745. The molecule has 2 aromatic carbocycles. The van der Waals surface area contributed by atoms with Crippen LogP contribution in [0.1, 0.15) is 0 Å². The largest absolute Gasteiger partial charge is 0.399 e. The van der Waals surface area contributed by atoms with Crippen LogP contribution in [0.25, 0.3) is 33.1 Å². The topological polar surface area (TPSA) is 56.7 Å². The molecule has 2 aromatic heterocycles. The molecule has 0 bridgehead atoms. The van der Waals surface area contributed by atoms with Gasteiger partial charge in [0, 0.05) is 18.1 Å². The molecular formula is C15H12N4. The molecule has 4 nitrogen and oxygen atoms in total. The van der Waals surface area contributed by atoms with Crippen molar-refractivity contribution in [3.05, 3.63) is 42.5 Å². The lowest BCUT2D eigenvalue weighted by Gasteiger charge is -1.98. The molecule has 0 amide bonds. The summed E-state index contributed by atoms with van der Waals surface area (Å²) >= 11 is 0. The van der Waals surface area contributed by atoms with E-state index in [-0.39, 0.29) is 0 Å². The van der Waals surface area contributed by atoms with Crippen molar-refractivity contribution >= 4 is 38.8 Å². The molecule has 4 aromatic rings. The molecule has 0 aliphatic heterocycles. The van der Waals surface area contributed by atoms with Crippen molar-refractivity contribution in [3.63, 3.8) is 0 Å². The number of hydrogen-bond donors (Lipinski definition) is 1. The van der Waals surface area contributed by atoms with E-state index in [0.717, 1.165) is 38.8 Å². The normalized spacial score (nSPS) is 11.6. The number of nitrogen functional groups attached to an aromatic ring is 1. The minimum atomic E-state index is 0.745. The summed E-state index contributed by atoms with van der Waals surface area (Å²) in [6.45, 7) is 0. The molecule has 2 N–H and O–H groups in total. The fraction of sp³-hybridized carbons (Fsp3) is 0.0667. The zero-order valence-corrected chi connectivity index (χ0v) is 10.5. The molecular weight excluding hydrogens is 236 g/mol. The van der Waals surface area contributed by atoms with Gasteiger partial charge in [-0.2, -0.15) is 0 Å². The maximum absolute atomic E-state index is 5.88. The molecule has 0 aliphatic carbocycles. The van der Waals surface area contributed by atoms with E-state index in [0.29, 0.717) is 0 Å². The molecule has 19 heavy (non-hydrogen) atoms. The first kappa shape index (κ1) is 10.3. The van der Waals surface area contributed by atoms with E-state index in [2.05, 4.69) is 4.57 Å². The highest BCUT2D eigenvalue weighted by Crippen LogP contribution is 2.28. The molecule has 0 aliphatic rings. The monoisotopic (exact) mass is 248 g/mol. The van der Waals surface area contributed by atoms with E-state index < -0.39 is 0 Å². The number of para-hydroxylation sites is 2. The molecule has 0 unspecified atom stereocenters. The summed E-state index contributed by atoms with van der Waals surface area (Å²) < 4.78 is 2.06. The average molecular weight is 248 g/mol. The van der Waals surface area contributed by atoms with Crippen LogP contribution in [0.5, 0.6) is 0 Å². The van der Waals surface area contributed by atoms with Gasteiger partial charge in [0.2, 0.25) is 0 Å². The summed E-state index contributed by atoms with van der Waals surface area (Å²) in [6, 6.07) is 13.8. The van der Waals surface area contributed by atoms with Crippen LogP contribution in [0.4, 0.5) is 5.69 Å². The van der Waals surface area contributed by atoms with Crippen LogP contribution in [0.2, 0.25) is 0 Å². The van der Waals surface area contributed by atoms with Gasteiger partial charge in [-0.25, -0.2) is 9.97 Å². The highest BCUT2D eigenvalue weighted by atomic mass is 15.0. The van der Waals surface area contributed by atoms with Crippen molar-refractivity contribution in [2.75, 3.05) is 5.73 Å². The second-order valence-corrected chi connectivity index (χ2v) is 4.72. The van der Waals surface area contributed by atoms with E-state index in [1.54, 1.807) is 0 Å². The highest BCUT2D eigenvalue weighted by molar-refractivity contribution is 6.07. The lowest BCUT2D eigenvalue weighted by Crippen LogP contribution is -1.91. The van der Waals surface area contributed by atoms with Crippen molar-refractivity contribution in [1.82, 2.24) is 14.5 Å². The fourth-order valence-corrected chi connectivity index (χ4v) is 2.56. The minimum Gasteiger partial charge on any atom is -0.399 e. The predicted octanol–water partition coefficient (Wildman–Crippen LogP) is 2.86. The summed E-state index contributed by atoms with van der Waals surface area (Å²) in [7, 11) is 2.00. The number of anilines is 1. The van der Waals surface area contributed by atoms with Gasteiger partial charge in [-0.05, 0) is 30.3 Å². The number of hydrogen-bond acceptors (Lipinski definition) is 3. The van der Waals surface area contributed by atoms with E-state index in [9.17, 15) is 0 Å². The third-order valence-electron chi connectivity index (χ3n) is 3.51. The van der Waals surface area contributed by atoms with Crippen molar-refractivity contribution < 1.29 is 0 Å². The highest BCUT2D eigenvalue weighted by Gasteiger charge is 2.12. The molecule has 0 saturated heterocycles. The second kappa shape index (κ2) is 3.45. The van der Waals surface area contributed by atoms with Crippen LogP contribution in [0, 0.1) is 0 Å². The van der Waals surface area contributed by atoms with Crippen molar-refractivity contribution in [2.45, 2.75) is 0 Å². The van der Waals surface area contributed by atoms with Crippen LogP contribution in [0.3, 0.4) is 0 Å². The van der Waals surface area contributed by atoms with Crippen molar-refractivity contribution in [1.29, 1.82) is 0 Å². The van der Waals surface area contributed by atoms with Crippen LogP contribution in [-0.2, 0) is 7.05 Å². The van der Waals surface area contributed by atoms with Crippen molar-refractivity contribution in [3.8, 4) is 0 Å². The number of aryl methyl sites for hydroxylation is 1. The SMILES string of the molecule is Cn1c2ccc(N)cc2c2nc3ccccc3nc21. The molecule has 0 spiro atoms. The number of nitrogens with two attached hydrogens (primary N) is 1. The van der Waals surface area contributed by atoms with Gasteiger partial charge in [-0.3, -0.25) is 0 Å². The molecule has 0 radical (unpaired) electrons. The molecule has 4 heteroatoms. The molecule has 0 fully saturated rings. The van der Waals surface area contributed by atoms with Gasteiger partial charge in [0.15, 0.2) is 5.65 Å². The van der Waals surface area contributed by atoms with Gasteiger partial charge in [-0.15, -0.1) is 0 Å². The molecule has 2 heterocycles. The zero-order valence-electron chi connectivity index (χ0n) is 10.5. The lowest BCUT2D eigenvalue weighted by atomic mass is 10.2. The van der Waals surface area contributed by atoms with E-state index >= 15 is 0 Å². The summed E-state index contributed by atoms with van der Waals surface area (Å²) in [5.41, 5.74) is 11.3. The number of aromatic nitrogens is 3. The van der Waals surface area contributed by atoms with Gasteiger partial charge in [0.25, 0.3) is 0 Å². The summed E-state index contributed by atoms with van der Waals surface area (Å²) in [4.78, 5) is 9.43. The van der Waals surface area contributed by atoms with Crippen LogP contribution >= 0.6 is 0 Å². The number of benzene rings is 2. The van der Waals surface area contributed by atoms with Gasteiger partial charge in [-0.1, -0.05) is 12.1 Å². The summed E-state index contributed by atoms with van der Waals surface area (Å²) in [5.74, 6) is 0. The third-order valence-corrected chi connectivity index (χ3v) is 3.51. The quantitative estimate of drug-likeness (QED) is 0.487. The van der Waals surface area contributed by atoms with Gasteiger partial charge >= 0.3 is 0 Å². The Labute approximate surface area is 109 Å². The summed E-state index contributed by atoms with van der Waals surface area (Å²) in [5, 5.41) is 1.05. The van der Waals surface area contributed by atoms with E-state index in [1.807, 2.05) is 49.5 Å². The number of fused-ring (bicyclic) bond motifs is 4. The zero-order chi connectivity index (χ0) is 13.0. The Morgan fingerprint density at radius 2 is 1.74 bits per heavy atom. The van der Waals surface area contributed by atoms with E-state index in [1.165, 1.54) is 0 Å². The van der Waals surface area contributed by atoms with Crippen LogP contribution < -0.4 is 5.73 Å². The Kier molecular flexibility index (Phi) is 1.87. The van der Waals surface area contributed by atoms with Crippen LogP contribution in [-0.4, -0.2) is 14.5 Å². The summed E-state index contributed by atoms with van der Waals surface area (Å²) in [6.07, 6.45) is 0. The maximum atomic E-state index is 5.88. The van der Waals surface area contributed by atoms with Gasteiger partial charge < -0.3 is 10.3 Å². The van der Waals surface area contributed by atoms with E-state index in [4.69, 9.17) is 15.7 Å². The standard InChI is InChI=1S/C15H12N4/c1-19-13-7-6-9(16)8-10(13)14-15(19)18-12-5-3-2-4-11(12)17-14/h2-8H,16H2,1H3. The lowest BCUT2D eigenvalue weighted by molar-refractivity contribution is 0.992. The third kappa shape index (κ3) is 1.34. The number of rotatable bonds is 0. The second-order valence-electron chi connectivity index (χ2n) is 4.72. The molecule has 0 atom stereocenters. The first-order valence-electron chi connectivity index (χ1n) is 6.14. The fourth-order valence-electron chi connectivity index (χ4n) is 2.56. The smallest absolute Gasteiger partial charge is 0.160 e. The molecule has 4 rings (SSSR count). The maximum Gasteiger partial charge on any atom is 0.160 e. The van der Waals surface area contributed by atoms with Gasteiger partial charge in [0.1, 0.15) is 5.52 Å². The average Bonchev–Trinajstić information content (AvgIpc) is 2.69. The molecule has 0 saturated carbocycles. The Morgan fingerprint density at radius 1 is 1.00 bits per heavy atom. The van der Waals surface area contributed by atoms with Crippen LogP contribution in [0.15, 0.2) is 42.5 Å². The predicted molar refractivity (Wildman–Crippen MR) is 77.9 cm³/mol. The first-order chi connectivity index (χ1) is 9.24. The molecule has 92 valence electrons. The Balaban J connectivity index is 2.30. The Hall–Kier alpha value is -2.62. The van der Waals surface area contributed by atoms with Gasteiger partial charge in [0.05, 0.1) is 16.6 Å². The Morgan fingerprint density at radius 3 is 2.53 bits per heavy atom. The first-order valence-corrected chi connectivity index (χ1v) is 6.14.